The first-order valence-corrected chi connectivity index (χ1v) is 10.9. The molecule has 168 valence electrons. The van der Waals surface area contributed by atoms with E-state index >= 15 is 0 Å². The van der Waals surface area contributed by atoms with Crippen molar-refractivity contribution in [2.45, 2.75) is 6.61 Å². The Labute approximate surface area is 197 Å². The van der Waals surface area contributed by atoms with Gasteiger partial charge in [-0.1, -0.05) is 42.5 Å². The zero-order valence-electron chi connectivity index (χ0n) is 18.6. The first-order chi connectivity index (χ1) is 16.6. The van der Waals surface area contributed by atoms with Crippen LogP contribution in [0.1, 0.15) is 27.0 Å². The molecule has 0 fully saturated rings. The molecule has 0 atom stereocenters. The quantitative estimate of drug-likeness (QED) is 0.333. The van der Waals surface area contributed by atoms with E-state index in [0.29, 0.717) is 29.3 Å². The Balaban J connectivity index is 1.47. The largest absolute Gasteiger partial charge is 0.497 e. The molecule has 0 aromatic heterocycles. The highest BCUT2D eigenvalue weighted by Crippen LogP contribution is 2.39. The fourth-order valence-corrected chi connectivity index (χ4v) is 3.95. The minimum atomic E-state index is -0.355. The molecule has 0 unspecified atom stereocenters. The van der Waals surface area contributed by atoms with Crippen molar-refractivity contribution in [3.05, 3.63) is 125 Å². The van der Waals surface area contributed by atoms with Gasteiger partial charge in [-0.3, -0.25) is 9.69 Å². The van der Waals surface area contributed by atoms with Gasteiger partial charge in [0.25, 0.3) is 5.91 Å². The van der Waals surface area contributed by atoms with Crippen LogP contribution >= 0.6 is 0 Å². The van der Waals surface area contributed by atoms with Crippen LogP contribution in [0.2, 0.25) is 0 Å². The van der Waals surface area contributed by atoms with Gasteiger partial charge in [-0.25, -0.2) is 4.39 Å². The first kappa shape index (κ1) is 21.5. The Hall–Kier alpha value is -4.38. The molecule has 1 aliphatic rings. The summed E-state index contributed by atoms with van der Waals surface area (Å²) < 4.78 is 24.7. The van der Waals surface area contributed by atoms with E-state index < -0.39 is 0 Å². The summed E-state index contributed by atoms with van der Waals surface area (Å²) in [7, 11) is 1.57. The minimum Gasteiger partial charge on any atom is -0.497 e. The van der Waals surface area contributed by atoms with Crippen LogP contribution < -0.4 is 14.4 Å². The summed E-state index contributed by atoms with van der Waals surface area (Å²) in [5.41, 5.74) is 4.64. The van der Waals surface area contributed by atoms with Crippen LogP contribution in [0, 0.1) is 5.82 Å². The summed E-state index contributed by atoms with van der Waals surface area (Å²) in [4.78, 5) is 14.9. The third-order valence-corrected chi connectivity index (χ3v) is 5.69. The number of ether oxygens (including phenoxy) is 2. The van der Waals surface area contributed by atoms with Gasteiger partial charge in [-0.2, -0.15) is 0 Å². The summed E-state index contributed by atoms with van der Waals surface area (Å²) >= 11 is 0. The van der Waals surface area contributed by atoms with Crippen molar-refractivity contribution >= 4 is 23.4 Å². The van der Waals surface area contributed by atoms with Gasteiger partial charge in [0.05, 0.1) is 18.4 Å². The van der Waals surface area contributed by atoms with E-state index in [9.17, 15) is 9.18 Å². The number of benzene rings is 4. The van der Waals surface area contributed by atoms with Gasteiger partial charge < -0.3 is 9.47 Å². The van der Waals surface area contributed by atoms with Gasteiger partial charge in [0.1, 0.15) is 23.9 Å². The maximum absolute atomic E-state index is 13.5. The molecule has 4 aromatic carbocycles. The van der Waals surface area contributed by atoms with Crippen LogP contribution in [0.15, 0.2) is 97.1 Å². The number of anilines is 1. The SMILES string of the molecule is COc1ccc2c(c1)C(=O)N(c1ccc(F)cc1)/C2=C/c1ccc(OCc2ccccc2)cc1. The molecule has 0 bridgehead atoms. The Kier molecular flexibility index (Phi) is 5.83. The van der Waals surface area contributed by atoms with Crippen LogP contribution in [0.25, 0.3) is 11.8 Å². The lowest BCUT2D eigenvalue weighted by Crippen LogP contribution is -2.22. The predicted octanol–water partition coefficient (Wildman–Crippen LogP) is 6.57. The number of fused-ring (bicyclic) bond motifs is 1. The summed E-state index contributed by atoms with van der Waals surface area (Å²) in [6.07, 6.45) is 1.94. The highest BCUT2D eigenvalue weighted by Gasteiger charge is 2.33. The Bertz CT molecular complexity index is 1350. The topological polar surface area (TPSA) is 38.8 Å². The summed E-state index contributed by atoms with van der Waals surface area (Å²) in [5, 5.41) is 0. The molecule has 0 saturated carbocycles. The van der Waals surface area contributed by atoms with Gasteiger partial charge in [-0.05, 0) is 71.8 Å². The number of carbonyl (C=O) groups excluding carboxylic acids is 1. The van der Waals surface area contributed by atoms with Crippen molar-refractivity contribution < 1.29 is 18.7 Å². The van der Waals surface area contributed by atoms with Crippen LogP contribution in [0.4, 0.5) is 10.1 Å². The molecular formula is C29H22FNO3. The fourth-order valence-electron chi connectivity index (χ4n) is 3.95. The van der Waals surface area contributed by atoms with Gasteiger partial charge in [0.15, 0.2) is 0 Å². The second-order valence-electron chi connectivity index (χ2n) is 7.90. The van der Waals surface area contributed by atoms with Crippen LogP contribution in [-0.2, 0) is 6.61 Å². The highest BCUT2D eigenvalue weighted by atomic mass is 19.1. The monoisotopic (exact) mass is 451 g/mol. The number of rotatable bonds is 6. The molecular weight excluding hydrogens is 429 g/mol. The molecule has 0 N–H and O–H groups in total. The zero-order chi connectivity index (χ0) is 23.5. The lowest BCUT2D eigenvalue weighted by Gasteiger charge is -2.19. The summed E-state index contributed by atoms with van der Waals surface area (Å²) in [6, 6.07) is 29.0. The minimum absolute atomic E-state index is 0.186. The highest BCUT2D eigenvalue weighted by molar-refractivity contribution is 6.24. The molecule has 1 amide bonds. The lowest BCUT2D eigenvalue weighted by molar-refractivity contribution is 0.101. The third-order valence-electron chi connectivity index (χ3n) is 5.69. The molecule has 4 aromatic rings. The molecule has 4 nitrogen and oxygen atoms in total. The van der Waals surface area contributed by atoms with Crippen molar-refractivity contribution in [2.24, 2.45) is 0 Å². The summed E-state index contributed by atoms with van der Waals surface area (Å²) in [6.45, 7) is 0.489. The van der Waals surface area contributed by atoms with E-state index in [4.69, 9.17) is 9.47 Å². The lowest BCUT2D eigenvalue weighted by atomic mass is 10.1. The van der Waals surface area contributed by atoms with Gasteiger partial charge in [0, 0.05) is 11.3 Å². The molecule has 1 aliphatic heterocycles. The molecule has 34 heavy (non-hydrogen) atoms. The van der Waals surface area contributed by atoms with E-state index in [1.165, 1.54) is 12.1 Å². The second kappa shape index (κ2) is 9.24. The van der Waals surface area contributed by atoms with Crippen LogP contribution in [0.5, 0.6) is 11.5 Å². The Morgan fingerprint density at radius 2 is 1.53 bits per heavy atom. The normalized spacial score (nSPS) is 13.8. The predicted molar refractivity (Wildman–Crippen MR) is 131 cm³/mol. The van der Waals surface area contributed by atoms with E-state index in [1.54, 1.807) is 30.2 Å². The summed E-state index contributed by atoms with van der Waals surface area (Å²) in [5.74, 6) is 0.821. The van der Waals surface area contributed by atoms with Crippen molar-refractivity contribution in [3.8, 4) is 11.5 Å². The molecule has 0 spiro atoms. The standard InChI is InChI=1S/C29H22FNO3/c1-33-25-15-16-26-27(18-25)29(32)31(23-11-9-22(30)10-12-23)28(26)17-20-7-13-24(14-8-20)34-19-21-5-3-2-4-6-21/h2-18H,19H2,1H3/b28-17+. The van der Waals surface area contributed by atoms with Crippen molar-refractivity contribution in [2.75, 3.05) is 12.0 Å². The zero-order valence-corrected chi connectivity index (χ0v) is 18.6. The maximum atomic E-state index is 13.5. The van der Waals surface area contributed by atoms with E-state index in [2.05, 4.69) is 0 Å². The van der Waals surface area contributed by atoms with E-state index in [-0.39, 0.29) is 11.7 Å². The number of methoxy groups -OCH3 is 1. The number of hydrogen-bond acceptors (Lipinski definition) is 3. The number of nitrogens with zero attached hydrogens (tertiary/aromatic N) is 1. The third kappa shape index (κ3) is 4.28. The van der Waals surface area contributed by atoms with E-state index in [0.717, 1.165) is 22.4 Å². The fraction of sp³-hybridized carbons (Fsp3) is 0.0690. The molecule has 5 heteroatoms. The average molecular weight is 451 g/mol. The van der Waals surface area contributed by atoms with Crippen molar-refractivity contribution in [3.63, 3.8) is 0 Å². The number of halogens is 1. The molecule has 0 aliphatic carbocycles. The van der Waals surface area contributed by atoms with Gasteiger partial charge in [-0.15, -0.1) is 0 Å². The van der Waals surface area contributed by atoms with Crippen molar-refractivity contribution in [1.82, 2.24) is 0 Å². The number of hydrogen-bond donors (Lipinski definition) is 0. The Morgan fingerprint density at radius 3 is 2.24 bits per heavy atom. The van der Waals surface area contributed by atoms with Crippen molar-refractivity contribution in [1.29, 1.82) is 0 Å². The molecule has 1 heterocycles. The molecule has 0 radical (unpaired) electrons. The number of amides is 1. The molecule has 5 rings (SSSR count). The first-order valence-electron chi connectivity index (χ1n) is 10.9. The Morgan fingerprint density at radius 1 is 0.824 bits per heavy atom. The maximum Gasteiger partial charge on any atom is 0.263 e. The smallest absolute Gasteiger partial charge is 0.263 e. The van der Waals surface area contributed by atoms with E-state index in [1.807, 2.05) is 72.8 Å². The average Bonchev–Trinajstić information content (AvgIpc) is 3.15. The van der Waals surface area contributed by atoms with Crippen LogP contribution in [-0.4, -0.2) is 13.0 Å². The van der Waals surface area contributed by atoms with Gasteiger partial charge in [0.2, 0.25) is 0 Å². The van der Waals surface area contributed by atoms with Gasteiger partial charge >= 0.3 is 0 Å². The number of carbonyl (C=O) groups is 1. The second-order valence-corrected chi connectivity index (χ2v) is 7.90. The molecule has 0 saturated heterocycles. The van der Waals surface area contributed by atoms with Crippen LogP contribution in [0.3, 0.4) is 0 Å².